The molecule has 0 radical (unpaired) electrons. The number of thiazole rings is 1. The van der Waals surface area contributed by atoms with Crippen LogP contribution in [0.5, 0.6) is 0 Å². The number of benzene rings is 3. The number of hydrogen-bond acceptors (Lipinski definition) is 4. The minimum Gasteiger partial charge on any atom is -0.346 e. The van der Waals surface area contributed by atoms with E-state index in [0.717, 1.165) is 40.2 Å². The molecule has 4 aromatic rings. The fourth-order valence-corrected chi connectivity index (χ4v) is 4.35. The van der Waals surface area contributed by atoms with Gasteiger partial charge in [0.1, 0.15) is 0 Å². The molecule has 3 aromatic carbocycles. The molecule has 0 unspecified atom stereocenters. The Kier molecular flexibility index (Phi) is 3.60. The van der Waals surface area contributed by atoms with E-state index in [2.05, 4.69) is 33.4 Å². The molecule has 0 atom stereocenters. The zero-order valence-corrected chi connectivity index (χ0v) is 14.9. The molecule has 5 heteroatoms. The minimum absolute atomic E-state index is 0.000908. The van der Waals surface area contributed by atoms with E-state index in [4.69, 9.17) is 0 Å². The number of amides is 1. The predicted molar refractivity (Wildman–Crippen MR) is 108 cm³/mol. The van der Waals surface area contributed by atoms with Gasteiger partial charge in [0.15, 0.2) is 5.13 Å². The highest BCUT2D eigenvalue weighted by molar-refractivity contribution is 7.22. The third-order valence-corrected chi connectivity index (χ3v) is 5.95. The summed E-state index contributed by atoms with van der Waals surface area (Å²) in [6.45, 7) is 1.44. The largest absolute Gasteiger partial charge is 0.346 e. The molecular weight excluding hydrogens is 342 g/mol. The van der Waals surface area contributed by atoms with Crippen LogP contribution in [-0.2, 0) is 4.79 Å². The van der Waals surface area contributed by atoms with Gasteiger partial charge in [0.2, 0.25) is 5.91 Å². The van der Waals surface area contributed by atoms with Gasteiger partial charge in [0.25, 0.3) is 0 Å². The Bertz CT molecular complexity index is 1080. The SMILES string of the molecule is O=C(Nc1cccc2ccccc12)C1CN(c2nc3ccccc3s2)C1. The average Bonchev–Trinajstić information content (AvgIpc) is 3.04. The van der Waals surface area contributed by atoms with Gasteiger partial charge in [-0.3, -0.25) is 4.79 Å². The second-order valence-corrected chi connectivity index (χ2v) is 7.59. The second-order valence-electron chi connectivity index (χ2n) is 6.58. The Morgan fingerprint density at radius 3 is 2.65 bits per heavy atom. The van der Waals surface area contributed by atoms with E-state index in [1.54, 1.807) is 11.3 Å². The number of fused-ring (bicyclic) bond motifs is 2. The van der Waals surface area contributed by atoms with Crippen molar-refractivity contribution in [3.8, 4) is 0 Å². The van der Waals surface area contributed by atoms with E-state index in [9.17, 15) is 4.79 Å². The highest BCUT2D eigenvalue weighted by atomic mass is 32.1. The van der Waals surface area contributed by atoms with Crippen molar-refractivity contribution in [1.29, 1.82) is 0 Å². The Morgan fingerprint density at radius 2 is 1.77 bits per heavy atom. The second kappa shape index (κ2) is 6.11. The quantitative estimate of drug-likeness (QED) is 0.585. The Morgan fingerprint density at radius 1 is 1.00 bits per heavy atom. The molecule has 26 heavy (non-hydrogen) atoms. The van der Waals surface area contributed by atoms with E-state index in [0.29, 0.717) is 0 Å². The lowest BCUT2D eigenvalue weighted by atomic mass is 9.99. The zero-order chi connectivity index (χ0) is 17.5. The highest BCUT2D eigenvalue weighted by Crippen LogP contribution is 2.33. The molecule has 1 saturated heterocycles. The van der Waals surface area contributed by atoms with E-state index in [1.165, 1.54) is 4.70 Å². The van der Waals surface area contributed by atoms with Gasteiger partial charge in [-0.2, -0.15) is 0 Å². The predicted octanol–water partition coefficient (Wildman–Crippen LogP) is 4.52. The van der Waals surface area contributed by atoms with Crippen LogP contribution in [0.4, 0.5) is 10.8 Å². The number of aromatic nitrogens is 1. The van der Waals surface area contributed by atoms with Crippen LogP contribution in [0, 0.1) is 5.92 Å². The van der Waals surface area contributed by atoms with Crippen LogP contribution in [0.3, 0.4) is 0 Å². The maximum absolute atomic E-state index is 12.6. The Labute approximate surface area is 155 Å². The maximum Gasteiger partial charge on any atom is 0.231 e. The third-order valence-electron chi connectivity index (χ3n) is 4.85. The molecule has 2 heterocycles. The molecule has 0 spiro atoms. The van der Waals surface area contributed by atoms with Crippen molar-refractivity contribution < 1.29 is 4.79 Å². The molecule has 0 bridgehead atoms. The lowest BCUT2D eigenvalue weighted by molar-refractivity contribution is -0.120. The van der Waals surface area contributed by atoms with Gasteiger partial charge in [0, 0.05) is 24.2 Å². The third kappa shape index (κ3) is 2.61. The van der Waals surface area contributed by atoms with Gasteiger partial charge in [-0.25, -0.2) is 4.98 Å². The molecule has 1 aliphatic rings. The van der Waals surface area contributed by atoms with Crippen molar-refractivity contribution in [2.75, 3.05) is 23.3 Å². The summed E-state index contributed by atoms with van der Waals surface area (Å²) in [6, 6.07) is 22.2. The molecule has 0 aliphatic carbocycles. The topological polar surface area (TPSA) is 45.2 Å². The molecule has 5 rings (SSSR count). The first kappa shape index (κ1) is 15.3. The molecule has 4 nitrogen and oxygen atoms in total. The number of carbonyl (C=O) groups is 1. The van der Waals surface area contributed by atoms with Crippen LogP contribution in [-0.4, -0.2) is 24.0 Å². The van der Waals surface area contributed by atoms with Crippen molar-refractivity contribution in [2.45, 2.75) is 0 Å². The van der Waals surface area contributed by atoms with Crippen LogP contribution in [0.2, 0.25) is 0 Å². The van der Waals surface area contributed by atoms with Gasteiger partial charge < -0.3 is 10.2 Å². The first-order valence-corrected chi connectivity index (χ1v) is 9.49. The molecular formula is C21H17N3OS. The molecule has 0 saturated carbocycles. The number of nitrogens with one attached hydrogen (secondary N) is 1. The van der Waals surface area contributed by atoms with Crippen LogP contribution in [0.15, 0.2) is 66.7 Å². The van der Waals surface area contributed by atoms with Gasteiger partial charge in [-0.1, -0.05) is 59.9 Å². The lowest BCUT2D eigenvalue weighted by Crippen LogP contribution is -2.52. The zero-order valence-electron chi connectivity index (χ0n) is 14.1. The van der Waals surface area contributed by atoms with E-state index >= 15 is 0 Å². The number of nitrogens with zero attached hydrogens (tertiary/aromatic N) is 2. The monoisotopic (exact) mass is 359 g/mol. The molecule has 1 aromatic heterocycles. The van der Waals surface area contributed by atoms with Crippen molar-refractivity contribution in [1.82, 2.24) is 4.98 Å². The first-order chi connectivity index (χ1) is 12.8. The maximum atomic E-state index is 12.6. The van der Waals surface area contributed by atoms with Crippen LogP contribution in [0.1, 0.15) is 0 Å². The number of carbonyl (C=O) groups excluding carboxylic acids is 1. The number of anilines is 2. The first-order valence-electron chi connectivity index (χ1n) is 8.67. The van der Waals surface area contributed by atoms with Crippen molar-refractivity contribution in [3.63, 3.8) is 0 Å². The minimum atomic E-state index is 0.000908. The average molecular weight is 359 g/mol. The highest BCUT2D eigenvalue weighted by Gasteiger charge is 2.34. The summed E-state index contributed by atoms with van der Waals surface area (Å²) in [5, 5.41) is 6.31. The molecule has 1 aliphatic heterocycles. The number of hydrogen-bond donors (Lipinski definition) is 1. The summed E-state index contributed by atoms with van der Waals surface area (Å²) < 4.78 is 1.19. The van der Waals surface area contributed by atoms with Crippen LogP contribution >= 0.6 is 11.3 Å². The Balaban J connectivity index is 1.29. The number of para-hydroxylation sites is 1. The van der Waals surface area contributed by atoms with Gasteiger partial charge >= 0.3 is 0 Å². The van der Waals surface area contributed by atoms with Crippen LogP contribution < -0.4 is 10.2 Å². The Hall–Kier alpha value is -2.92. The lowest BCUT2D eigenvalue weighted by Gasteiger charge is -2.38. The normalized spacial score (nSPS) is 14.5. The molecule has 128 valence electrons. The van der Waals surface area contributed by atoms with E-state index in [-0.39, 0.29) is 11.8 Å². The van der Waals surface area contributed by atoms with Gasteiger partial charge in [-0.05, 0) is 23.6 Å². The molecule has 1 amide bonds. The summed E-state index contributed by atoms with van der Waals surface area (Å²) in [6.07, 6.45) is 0. The molecule has 1 N–H and O–H groups in total. The number of rotatable bonds is 3. The summed E-state index contributed by atoms with van der Waals surface area (Å²) in [5.74, 6) is 0.0831. The van der Waals surface area contributed by atoms with Gasteiger partial charge in [0.05, 0.1) is 16.1 Å². The summed E-state index contributed by atoms with van der Waals surface area (Å²) in [4.78, 5) is 19.5. The fourth-order valence-electron chi connectivity index (χ4n) is 3.37. The van der Waals surface area contributed by atoms with E-state index in [1.807, 2.05) is 48.5 Å². The fraction of sp³-hybridized carbons (Fsp3) is 0.143. The van der Waals surface area contributed by atoms with Crippen LogP contribution in [0.25, 0.3) is 21.0 Å². The summed E-state index contributed by atoms with van der Waals surface area (Å²) in [5.41, 5.74) is 1.91. The van der Waals surface area contributed by atoms with Gasteiger partial charge in [-0.15, -0.1) is 0 Å². The van der Waals surface area contributed by atoms with Crippen molar-refractivity contribution in [2.24, 2.45) is 5.92 Å². The van der Waals surface area contributed by atoms with E-state index < -0.39 is 0 Å². The molecule has 1 fully saturated rings. The van der Waals surface area contributed by atoms with Crippen molar-refractivity contribution >= 4 is 49.1 Å². The summed E-state index contributed by atoms with van der Waals surface area (Å²) >= 11 is 1.68. The summed E-state index contributed by atoms with van der Waals surface area (Å²) in [7, 11) is 0. The smallest absolute Gasteiger partial charge is 0.231 e. The standard InChI is InChI=1S/C21H17N3OS/c25-20(22-17-10-5-7-14-6-1-2-8-16(14)17)15-12-24(13-15)21-23-18-9-3-4-11-19(18)26-21/h1-11,15H,12-13H2,(H,22,25). The van der Waals surface area contributed by atoms with Crippen molar-refractivity contribution in [3.05, 3.63) is 66.7 Å².